The number of esters is 1. The van der Waals surface area contributed by atoms with Gasteiger partial charge in [0.1, 0.15) is 5.00 Å². The summed E-state index contributed by atoms with van der Waals surface area (Å²) in [4.78, 5) is 38.1. The highest BCUT2D eigenvalue weighted by Crippen LogP contribution is 2.45. The highest BCUT2D eigenvalue weighted by molar-refractivity contribution is 7.16. The number of nitrogens with one attached hydrogen (secondary N) is 1. The molecule has 146 valence electrons. The number of carbonyl (C=O) groups is 3. The minimum Gasteiger partial charge on any atom is -0.550 e. The van der Waals surface area contributed by atoms with E-state index in [0.29, 0.717) is 17.0 Å². The molecule has 6 nitrogen and oxygen atoms in total. The highest BCUT2D eigenvalue weighted by Gasteiger charge is 2.45. The van der Waals surface area contributed by atoms with Gasteiger partial charge in [-0.25, -0.2) is 4.79 Å². The van der Waals surface area contributed by atoms with Crippen LogP contribution in [0.5, 0.6) is 0 Å². The quantitative estimate of drug-likeness (QED) is 0.594. The lowest BCUT2D eigenvalue weighted by molar-refractivity contribution is -0.316. The number of thiophene rings is 1. The highest BCUT2D eigenvalue weighted by atomic mass is 32.1. The molecular formula is C20H24NO5S-. The van der Waals surface area contributed by atoms with Gasteiger partial charge < -0.3 is 20.0 Å². The first-order valence-electron chi connectivity index (χ1n) is 9.38. The molecule has 0 unspecified atom stereocenters. The van der Waals surface area contributed by atoms with Crippen molar-refractivity contribution in [2.45, 2.75) is 40.0 Å². The van der Waals surface area contributed by atoms with Crippen LogP contribution in [-0.4, -0.2) is 24.5 Å². The SMILES string of the molecule is CCOC(=O)c1c(NC(=O)[C@@H]2[C@@H](C(=O)[O-])[C@H]3C=C[C@@H]2CC3)sc(C)c1CC. The number of hydrogen-bond acceptors (Lipinski definition) is 6. The van der Waals surface area contributed by atoms with Gasteiger partial charge in [-0.3, -0.25) is 4.79 Å². The number of carboxylic acid groups (broad SMARTS) is 1. The maximum absolute atomic E-state index is 13.0. The molecule has 3 aliphatic rings. The van der Waals surface area contributed by atoms with Crippen LogP contribution >= 0.6 is 11.3 Å². The van der Waals surface area contributed by atoms with E-state index in [9.17, 15) is 19.5 Å². The van der Waals surface area contributed by atoms with Gasteiger partial charge in [-0.2, -0.15) is 0 Å². The number of aryl methyl sites for hydroxylation is 1. The maximum atomic E-state index is 13.0. The first kappa shape index (κ1) is 19.6. The molecule has 27 heavy (non-hydrogen) atoms. The molecule has 0 aliphatic heterocycles. The number of amides is 1. The molecule has 4 rings (SSSR count). The molecule has 1 aromatic heterocycles. The average molecular weight is 390 g/mol. The van der Waals surface area contributed by atoms with Crippen LogP contribution in [-0.2, 0) is 20.7 Å². The molecule has 1 amide bonds. The van der Waals surface area contributed by atoms with E-state index in [2.05, 4.69) is 5.32 Å². The third-order valence-electron chi connectivity index (χ3n) is 5.60. The van der Waals surface area contributed by atoms with Gasteiger partial charge in [0.2, 0.25) is 5.91 Å². The summed E-state index contributed by atoms with van der Waals surface area (Å²) in [5, 5.41) is 15.0. The summed E-state index contributed by atoms with van der Waals surface area (Å²) in [6, 6.07) is 0. The predicted octanol–water partition coefficient (Wildman–Crippen LogP) is 2.31. The number of rotatable bonds is 6. The molecule has 0 saturated heterocycles. The van der Waals surface area contributed by atoms with Gasteiger partial charge in [-0.05, 0) is 50.5 Å². The first-order valence-corrected chi connectivity index (χ1v) is 10.2. The zero-order valence-electron chi connectivity index (χ0n) is 15.7. The Morgan fingerprint density at radius 1 is 1.19 bits per heavy atom. The number of allylic oxidation sites excluding steroid dienone is 2. The van der Waals surface area contributed by atoms with Crippen LogP contribution in [0.1, 0.15) is 47.5 Å². The topological polar surface area (TPSA) is 95.5 Å². The number of fused-ring (bicyclic) bond motifs is 2. The van der Waals surface area contributed by atoms with Crippen LogP contribution in [0.25, 0.3) is 0 Å². The zero-order valence-corrected chi connectivity index (χ0v) is 16.6. The Morgan fingerprint density at radius 3 is 2.33 bits per heavy atom. The first-order chi connectivity index (χ1) is 12.9. The largest absolute Gasteiger partial charge is 0.550 e. The second-order valence-electron chi connectivity index (χ2n) is 7.06. The monoisotopic (exact) mass is 390 g/mol. The van der Waals surface area contributed by atoms with Crippen LogP contribution in [0, 0.1) is 30.6 Å². The van der Waals surface area contributed by atoms with Crippen LogP contribution < -0.4 is 10.4 Å². The fourth-order valence-corrected chi connectivity index (χ4v) is 5.52. The van der Waals surface area contributed by atoms with Crippen molar-refractivity contribution in [2.24, 2.45) is 23.7 Å². The van der Waals surface area contributed by atoms with Gasteiger partial charge in [0.05, 0.1) is 18.1 Å². The minimum atomic E-state index is -1.18. The molecule has 0 spiro atoms. The Hall–Kier alpha value is -2.15. The molecule has 0 radical (unpaired) electrons. The van der Waals surface area contributed by atoms with E-state index in [0.717, 1.165) is 23.3 Å². The second kappa shape index (κ2) is 7.84. The molecule has 2 bridgehead atoms. The Balaban J connectivity index is 1.91. The lowest BCUT2D eigenvalue weighted by Crippen LogP contribution is -2.51. The van der Waals surface area contributed by atoms with Gasteiger partial charge >= 0.3 is 5.97 Å². The van der Waals surface area contributed by atoms with Crippen LogP contribution in [0.4, 0.5) is 5.00 Å². The van der Waals surface area contributed by atoms with Crippen molar-refractivity contribution in [2.75, 3.05) is 11.9 Å². The molecule has 3 aliphatic carbocycles. The summed E-state index contributed by atoms with van der Waals surface area (Å²) in [5.74, 6) is -3.80. The van der Waals surface area contributed by atoms with E-state index >= 15 is 0 Å². The Bertz CT molecular complexity index is 797. The number of hydrogen-bond donors (Lipinski definition) is 1. The van der Waals surface area contributed by atoms with Gasteiger partial charge in [0, 0.05) is 16.8 Å². The summed E-state index contributed by atoms with van der Waals surface area (Å²) < 4.78 is 5.16. The number of carboxylic acids is 1. The Kier molecular flexibility index (Phi) is 5.69. The third kappa shape index (κ3) is 3.52. The molecule has 1 fully saturated rings. The number of anilines is 1. The van der Waals surface area contributed by atoms with Crippen molar-refractivity contribution >= 4 is 34.2 Å². The van der Waals surface area contributed by atoms with E-state index in [1.807, 2.05) is 26.0 Å². The maximum Gasteiger partial charge on any atom is 0.341 e. The lowest BCUT2D eigenvalue weighted by atomic mass is 9.62. The molecule has 4 atom stereocenters. The van der Waals surface area contributed by atoms with Crippen LogP contribution in [0.15, 0.2) is 12.2 Å². The lowest BCUT2D eigenvalue weighted by Gasteiger charge is -2.44. The summed E-state index contributed by atoms with van der Waals surface area (Å²) >= 11 is 1.33. The fraction of sp³-hybridized carbons (Fsp3) is 0.550. The van der Waals surface area contributed by atoms with Crippen LogP contribution in [0.3, 0.4) is 0 Å². The molecule has 1 aromatic rings. The summed E-state index contributed by atoms with van der Waals surface area (Å²) in [6.07, 6.45) is 6.03. The van der Waals surface area contributed by atoms with Gasteiger partial charge in [-0.1, -0.05) is 19.1 Å². The Labute approximate surface area is 162 Å². The fourth-order valence-electron chi connectivity index (χ4n) is 4.38. The predicted molar refractivity (Wildman–Crippen MR) is 100 cm³/mol. The third-order valence-corrected chi connectivity index (χ3v) is 6.66. The van der Waals surface area contributed by atoms with Gasteiger partial charge in [0.25, 0.3) is 0 Å². The normalized spacial score (nSPS) is 26.0. The minimum absolute atomic E-state index is 0.115. The number of ether oxygens (including phenoxy) is 1. The second-order valence-corrected chi connectivity index (χ2v) is 8.29. The standard InChI is InChI=1S/C20H25NO5S/c1-4-13-10(3)27-18(16(13)20(25)26-5-2)21-17(22)14-11-6-8-12(9-7-11)15(14)19(23)24/h6,8,11-12,14-15H,4-5,7,9H2,1-3H3,(H,21,22)(H,23,24)/p-1/t11-,12+,14+,15+/m1/s1. The zero-order chi connectivity index (χ0) is 19.7. The summed E-state index contributed by atoms with van der Waals surface area (Å²) in [5.41, 5.74) is 1.24. The van der Waals surface area contributed by atoms with Crippen molar-refractivity contribution in [1.29, 1.82) is 0 Å². The molecule has 1 heterocycles. The van der Waals surface area contributed by atoms with Crippen molar-refractivity contribution in [3.05, 3.63) is 28.2 Å². The molecule has 1 N–H and O–H groups in total. The summed E-state index contributed by atoms with van der Waals surface area (Å²) in [6.45, 7) is 5.82. The number of aliphatic carboxylic acids is 1. The van der Waals surface area contributed by atoms with Crippen molar-refractivity contribution < 1.29 is 24.2 Å². The molecular weight excluding hydrogens is 366 g/mol. The van der Waals surface area contributed by atoms with Gasteiger partial charge in [-0.15, -0.1) is 11.3 Å². The smallest absolute Gasteiger partial charge is 0.341 e. The van der Waals surface area contributed by atoms with Crippen LogP contribution in [0.2, 0.25) is 0 Å². The molecule has 7 heteroatoms. The van der Waals surface area contributed by atoms with E-state index in [1.165, 1.54) is 11.3 Å². The van der Waals surface area contributed by atoms with E-state index in [-0.39, 0.29) is 24.3 Å². The molecule has 0 aromatic carbocycles. The van der Waals surface area contributed by atoms with E-state index < -0.39 is 23.8 Å². The molecule has 1 saturated carbocycles. The Morgan fingerprint density at radius 2 is 1.81 bits per heavy atom. The van der Waals surface area contributed by atoms with E-state index in [1.54, 1.807) is 6.92 Å². The number of carbonyl (C=O) groups excluding carboxylic acids is 3. The van der Waals surface area contributed by atoms with Gasteiger partial charge in [0.15, 0.2) is 0 Å². The summed E-state index contributed by atoms with van der Waals surface area (Å²) in [7, 11) is 0. The average Bonchev–Trinajstić information content (AvgIpc) is 2.96. The van der Waals surface area contributed by atoms with Crippen molar-refractivity contribution in [3.8, 4) is 0 Å². The van der Waals surface area contributed by atoms with E-state index in [4.69, 9.17) is 4.74 Å². The van der Waals surface area contributed by atoms with Crippen molar-refractivity contribution in [3.63, 3.8) is 0 Å². The van der Waals surface area contributed by atoms with Crippen molar-refractivity contribution in [1.82, 2.24) is 0 Å².